The first-order chi connectivity index (χ1) is 6.61. The summed E-state index contributed by atoms with van der Waals surface area (Å²) >= 11 is 0. The van der Waals surface area contributed by atoms with Gasteiger partial charge in [0.05, 0.1) is 0 Å². The minimum absolute atomic E-state index is 0.0723. The van der Waals surface area contributed by atoms with Crippen molar-refractivity contribution >= 4 is 5.97 Å². The molecule has 3 nitrogen and oxygen atoms in total. The molecule has 14 heavy (non-hydrogen) atoms. The van der Waals surface area contributed by atoms with Crippen molar-refractivity contribution in [2.45, 2.75) is 56.9 Å². The molecule has 2 aliphatic rings. The molecule has 3 N–H and O–H groups in total. The number of nitrogens with two attached hydrogens (primary N) is 1. The van der Waals surface area contributed by atoms with Gasteiger partial charge in [0.2, 0.25) is 0 Å². The molecular weight excluding hydrogens is 178 g/mol. The number of hydrogen-bond acceptors (Lipinski definition) is 2. The third-order valence-corrected chi connectivity index (χ3v) is 4.37. The van der Waals surface area contributed by atoms with E-state index >= 15 is 0 Å². The maximum absolute atomic E-state index is 11.3. The Morgan fingerprint density at radius 1 is 1.00 bits per heavy atom. The van der Waals surface area contributed by atoms with Crippen molar-refractivity contribution in [2.75, 3.05) is 0 Å². The van der Waals surface area contributed by atoms with E-state index in [0.717, 1.165) is 44.9 Å². The van der Waals surface area contributed by atoms with Gasteiger partial charge in [-0.05, 0) is 31.1 Å². The lowest BCUT2D eigenvalue weighted by Crippen LogP contribution is -2.61. The van der Waals surface area contributed by atoms with Crippen LogP contribution in [0.2, 0.25) is 0 Å². The summed E-state index contributed by atoms with van der Waals surface area (Å²) in [6, 6.07) is 0. The minimum Gasteiger partial charge on any atom is -0.480 e. The molecule has 0 heterocycles. The second kappa shape index (κ2) is 3.23. The fourth-order valence-electron chi connectivity index (χ4n) is 3.44. The summed E-state index contributed by atoms with van der Waals surface area (Å²) in [6.45, 7) is 0. The number of carbonyl (C=O) groups is 1. The Balaban J connectivity index is 2.31. The van der Waals surface area contributed by atoms with Crippen molar-refractivity contribution < 1.29 is 9.90 Å². The minimum atomic E-state index is -0.929. The zero-order valence-electron chi connectivity index (χ0n) is 8.59. The van der Waals surface area contributed by atoms with Crippen LogP contribution in [0.5, 0.6) is 0 Å². The maximum Gasteiger partial charge on any atom is 0.324 e. The number of hydrogen-bond donors (Lipinski definition) is 2. The molecule has 2 rings (SSSR count). The molecule has 0 aliphatic heterocycles. The molecule has 0 radical (unpaired) electrons. The predicted octanol–water partition coefficient (Wildman–Crippen LogP) is 1.90. The van der Waals surface area contributed by atoms with Gasteiger partial charge in [0.25, 0.3) is 0 Å². The van der Waals surface area contributed by atoms with Gasteiger partial charge in [0.15, 0.2) is 0 Å². The summed E-state index contributed by atoms with van der Waals surface area (Å²) in [6.07, 6.45) is 8.19. The van der Waals surface area contributed by atoms with Crippen molar-refractivity contribution in [3.05, 3.63) is 0 Å². The lowest BCUT2D eigenvalue weighted by atomic mass is 9.60. The molecule has 0 saturated heterocycles. The van der Waals surface area contributed by atoms with Crippen LogP contribution >= 0.6 is 0 Å². The molecule has 80 valence electrons. The average molecular weight is 197 g/mol. The average Bonchev–Trinajstić information content (AvgIpc) is 2.60. The van der Waals surface area contributed by atoms with E-state index in [0.29, 0.717) is 6.42 Å². The van der Waals surface area contributed by atoms with E-state index < -0.39 is 11.5 Å². The van der Waals surface area contributed by atoms with Gasteiger partial charge < -0.3 is 10.8 Å². The summed E-state index contributed by atoms with van der Waals surface area (Å²) in [4.78, 5) is 11.3. The fourth-order valence-corrected chi connectivity index (χ4v) is 3.44. The molecule has 1 spiro atoms. The molecule has 2 fully saturated rings. The van der Waals surface area contributed by atoms with Crippen molar-refractivity contribution in [2.24, 2.45) is 11.1 Å². The Bertz CT molecular complexity index is 246. The van der Waals surface area contributed by atoms with Crippen molar-refractivity contribution in [1.29, 1.82) is 0 Å². The molecule has 0 aromatic carbocycles. The van der Waals surface area contributed by atoms with Crippen LogP contribution < -0.4 is 5.73 Å². The van der Waals surface area contributed by atoms with Gasteiger partial charge in [-0.1, -0.05) is 25.7 Å². The number of carboxylic acids is 1. The molecule has 0 aromatic rings. The molecule has 0 amide bonds. The van der Waals surface area contributed by atoms with Crippen LogP contribution in [0.4, 0.5) is 0 Å². The predicted molar refractivity (Wildman–Crippen MR) is 53.9 cm³/mol. The zero-order chi connectivity index (χ0) is 10.2. The summed E-state index contributed by atoms with van der Waals surface area (Å²) in [7, 11) is 0. The van der Waals surface area contributed by atoms with Gasteiger partial charge >= 0.3 is 5.97 Å². The van der Waals surface area contributed by atoms with Gasteiger partial charge in [-0.3, -0.25) is 4.79 Å². The number of rotatable bonds is 1. The molecule has 2 saturated carbocycles. The summed E-state index contributed by atoms with van der Waals surface area (Å²) in [5, 5.41) is 9.30. The Labute approximate surface area is 84.7 Å². The van der Waals surface area contributed by atoms with E-state index in [1.807, 2.05) is 0 Å². The summed E-state index contributed by atoms with van der Waals surface area (Å²) in [5.41, 5.74) is 5.14. The largest absolute Gasteiger partial charge is 0.480 e. The topological polar surface area (TPSA) is 63.3 Å². The van der Waals surface area contributed by atoms with Crippen molar-refractivity contribution in [3.8, 4) is 0 Å². The zero-order valence-corrected chi connectivity index (χ0v) is 8.59. The second-order valence-corrected chi connectivity index (χ2v) is 4.97. The molecular formula is C11H19NO2. The Hall–Kier alpha value is -0.570. The van der Waals surface area contributed by atoms with E-state index in [1.165, 1.54) is 0 Å². The highest BCUT2D eigenvalue weighted by molar-refractivity contribution is 5.80. The van der Waals surface area contributed by atoms with E-state index in [9.17, 15) is 9.90 Å². The first-order valence-electron chi connectivity index (χ1n) is 5.63. The molecule has 2 aliphatic carbocycles. The number of aliphatic carboxylic acids is 1. The monoisotopic (exact) mass is 197 g/mol. The lowest BCUT2D eigenvalue weighted by Gasteiger charge is -2.47. The van der Waals surface area contributed by atoms with Crippen LogP contribution in [-0.2, 0) is 4.79 Å². The van der Waals surface area contributed by atoms with E-state index in [-0.39, 0.29) is 5.41 Å². The van der Waals surface area contributed by atoms with E-state index in [2.05, 4.69) is 0 Å². The first kappa shape index (κ1) is 9.97. The Morgan fingerprint density at radius 2 is 1.43 bits per heavy atom. The third kappa shape index (κ3) is 1.18. The molecule has 1 unspecified atom stereocenters. The molecule has 0 aromatic heterocycles. The summed E-state index contributed by atoms with van der Waals surface area (Å²) in [5.74, 6) is -0.779. The van der Waals surface area contributed by atoms with Crippen LogP contribution in [-0.4, -0.2) is 16.6 Å². The molecule has 1 atom stereocenters. The highest BCUT2D eigenvalue weighted by Crippen LogP contribution is 2.53. The van der Waals surface area contributed by atoms with Crippen LogP contribution in [0.1, 0.15) is 51.4 Å². The van der Waals surface area contributed by atoms with Gasteiger partial charge in [0, 0.05) is 0 Å². The lowest BCUT2D eigenvalue weighted by molar-refractivity contribution is -0.151. The van der Waals surface area contributed by atoms with Gasteiger partial charge in [0.1, 0.15) is 5.54 Å². The van der Waals surface area contributed by atoms with Crippen LogP contribution in [0, 0.1) is 5.41 Å². The van der Waals surface area contributed by atoms with E-state index in [4.69, 9.17) is 5.73 Å². The van der Waals surface area contributed by atoms with Crippen LogP contribution in [0.15, 0.2) is 0 Å². The number of carboxylic acid groups (broad SMARTS) is 1. The Morgan fingerprint density at radius 3 is 1.86 bits per heavy atom. The quantitative estimate of drug-likeness (QED) is 0.675. The van der Waals surface area contributed by atoms with Gasteiger partial charge in [-0.2, -0.15) is 0 Å². The van der Waals surface area contributed by atoms with Crippen molar-refractivity contribution in [1.82, 2.24) is 0 Å². The standard InChI is InChI=1S/C11H19NO2/c12-11(9(13)14)8-4-3-7-10(11)5-1-2-6-10/h1-8,12H2,(H,13,14). The first-order valence-corrected chi connectivity index (χ1v) is 5.63. The van der Waals surface area contributed by atoms with Crippen molar-refractivity contribution in [3.63, 3.8) is 0 Å². The maximum atomic E-state index is 11.3. The third-order valence-electron chi connectivity index (χ3n) is 4.37. The summed E-state index contributed by atoms with van der Waals surface area (Å²) < 4.78 is 0. The fraction of sp³-hybridized carbons (Fsp3) is 0.909. The molecule has 3 heteroatoms. The van der Waals surface area contributed by atoms with Crippen LogP contribution in [0.3, 0.4) is 0 Å². The Kier molecular flexibility index (Phi) is 2.30. The highest BCUT2D eigenvalue weighted by Gasteiger charge is 2.55. The highest BCUT2D eigenvalue weighted by atomic mass is 16.4. The van der Waals surface area contributed by atoms with Gasteiger partial charge in [-0.15, -0.1) is 0 Å². The van der Waals surface area contributed by atoms with Crippen LogP contribution in [0.25, 0.3) is 0 Å². The normalized spacial score (nSPS) is 36.1. The van der Waals surface area contributed by atoms with E-state index in [1.54, 1.807) is 0 Å². The SMILES string of the molecule is NC1(C(=O)O)CCCCC12CCCC2. The smallest absolute Gasteiger partial charge is 0.324 e. The second-order valence-electron chi connectivity index (χ2n) is 4.97. The molecule has 0 bridgehead atoms. The van der Waals surface area contributed by atoms with Gasteiger partial charge in [-0.25, -0.2) is 0 Å².